The lowest BCUT2D eigenvalue weighted by molar-refractivity contribution is 0.102. The van der Waals surface area contributed by atoms with E-state index in [1.165, 1.54) is 0 Å². The fourth-order valence-corrected chi connectivity index (χ4v) is 4.81. The molecule has 1 heterocycles. The van der Waals surface area contributed by atoms with E-state index in [1.54, 1.807) is 11.3 Å². The Balaban J connectivity index is 1.56. The van der Waals surface area contributed by atoms with Gasteiger partial charge in [-0.1, -0.05) is 47.6 Å². The number of nitrogens with one attached hydrogen (secondary N) is 1. The van der Waals surface area contributed by atoms with Crippen LogP contribution in [0.15, 0.2) is 60.7 Å². The van der Waals surface area contributed by atoms with Crippen molar-refractivity contribution in [2.24, 2.45) is 0 Å². The van der Waals surface area contributed by atoms with Crippen molar-refractivity contribution in [3.8, 4) is 16.3 Å². The Morgan fingerprint density at radius 2 is 1.51 bits per heavy atom. The summed E-state index contributed by atoms with van der Waals surface area (Å²) in [6, 6.07) is 20.1. The molecule has 0 aliphatic heterocycles. The van der Waals surface area contributed by atoms with Gasteiger partial charge in [0.1, 0.15) is 10.8 Å². The van der Waals surface area contributed by atoms with Crippen molar-refractivity contribution in [3.63, 3.8) is 0 Å². The van der Waals surface area contributed by atoms with E-state index in [0.717, 1.165) is 43.4 Å². The van der Waals surface area contributed by atoms with Crippen LogP contribution in [-0.4, -0.2) is 17.5 Å². The van der Waals surface area contributed by atoms with Crippen LogP contribution in [0.2, 0.25) is 0 Å². The van der Waals surface area contributed by atoms with Crippen LogP contribution in [0.1, 0.15) is 70.0 Å². The van der Waals surface area contributed by atoms with E-state index in [0.29, 0.717) is 12.2 Å². The molecule has 1 amide bonds. The van der Waals surface area contributed by atoms with E-state index in [9.17, 15) is 4.79 Å². The second-order valence-corrected chi connectivity index (χ2v) is 11.9. The molecule has 5 heteroatoms. The minimum Gasteiger partial charge on any atom is -0.494 e. The first-order valence-electron chi connectivity index (χ1n) is 12.1. The predicted molar refractivity (Wildman–Crippen MR) is 148 cm³/mol. The van der Waals surface area contributed by atoms with Gasteiger partial charge in [0.05, 0.1) is 16.8 Å². The molecular formula is C30H34N2O2S. The number of rotatable bonds is 5. The number of fused-ring (bicyclic) bond motifs is 1. The summed E-state index contributed by atoms with van der Waals surface area (Å²) in [5.41, 5.74) is 5.66. The highest BCUT2D eigenvalue weighted by Gasteiger charge is 2.22. The molecular weight excluding hydrogens is 452 g/mol. The number of amides is 1. The smallest absolute Gasteiger partial charge is 0.255 e. The lowest BCUT2D eigenvalue weighted by atomic mass is 9.79. The minimum absolute atomic E-state index is 0.0430. The zero-order chi connectivity index (χ0) is 25.4. The average Bonchev–Trinajstić information content (AvgIpc) is 3.22. The monoisotopic (exact) mass is 486 g/mol. The molecule has 35 heavy (non-hydrogen) atoms. The van der Waals surface area contributed by atoms with Crippen LogP contribution in [0.3, 0.4) is 0 Å². The van der Waals surface area contributed by atoms with Gasteiger partial charge in [-0.15, -0.1) is 11.3 Å². The SMILES string of the molecule is CCOc1ccc2nc(-c3ccc(NC(=O)c4cc(C(C)(C)C)cc(C(C)(C)C)c4)cc3)sc2c1. The Kier molecular flexibility index (Phi) is 6.74. The van der Waals surface area contributed by atoms with Crippen molar-refractivity contribution in [1.82, 2.24) is 4.98 Å². The number of aromatic nitrogens is 1. The largest absolute Gasteiger partial charge is 0.494 e. The summed E-state index contributed by atoms with van der Waals surface area (Å²) >= 11 is 1.64. The van der Waals surface area contributed by atoms with Crippen molar-refractivity contribution in [1.29, 1.82) is 0 Å². The third kappa shape index (κ3) is 5.73. The number of anilines is 1. The molecule has 0 aliphatic rings. The summed E-state index contributed by atoms with van der Waals surface area (Å²) in [5.74, 6) is 0.760. The molecule has 3 aromatic carbocycles. The van der Waals surface area contributed by atoms with E-state index in [2.05, 4.69) is 52.9 Å². The van der Waals surface area contributed by atoms with Gasteiger partial charge < -0.3 is 10.1 Å². The quantitative estimate of drug-likeness (QED) is 0.309. The van der Waals surface area contributed by atoms with Gasteiger partial charge in [-0.2, -0.15) is 0 Å². The zero-order valence-corrected chi connectivity index (χ0v) is 22.5. The highest BCUT2D eigenvalue weighted by atomic mass is 32.1. The summed E-state index contributed by atoms with van der Waals surface area (Å²) in [4.78, 5) is 18.0. The van der Waals surface area contributed by atoms with Crippen molar-refractivity contribution < 1.29 is 9.53 Å². The van der Waals surface area contributed by atoms with Crippen LogP contribution >= 0.6 is 11.3 Å². The first-order valence-corrected chi connectivity index (χ1v) is 12.9. The fourth-order valence-electron chi connectivity index (χ4n) is 3.81. The molecule has 0 fully saturated rings. The summed E-state index contributed by atoms with van der Waals surface area (Å²) in [5, 5.41) is 4.01. The van der Waals surface area contributed by atoms with Gasteiger partial charge in [0.25, 0.3) is 5.91 Å². The number of carbonyl (C=O) groups is 1. The molecule has 1 N–H and O–H groups in total. The maximum absolute atomic E-state index is 13.2. The number of hydrogen-bond acceptors (Lipinski definition) is 4. The molecule has 0 aliphatic carbocycles. The lowest BCUT2D eigenvalue weighted by Gasteiger charge is -2.26. The van der Waals surface area contributed by atoms with E-state index in [-0.39, 0.29) is 16.7 Å². The molecule has 0 saturated heterocycles. The predicted octanol–water partition coefficient (Wildman–Crippen LogP) is 8.21. The van der Waals surface area contributed by atoms with E-state index >= 15 is 0 Å². The number of carbonyl (C=O) groups excluding carboxylic acids is 1. The Labute approximate surface area is 212 Å². The van der Waals surface area contributed by atoms with E-state index in [4.69, 9.17) is 9.72 Å². The van der Waals surface area contributed by atoms with Crippen LogP contribution in [0, 0.1) is 0 Å². The second-order valence-electron chi connectivity index (χ2n) is 10.9. The highest BCUT2D eigenvalue weighted by molar-refractivity contribution is 7.21. The average molecular weight is 487 g/mol. The number of hydrogen-bond donors (Lipinski definition) is 1. The third-order valence-electron chi connectivity index (χ3n) is 5.99. The second kappa shape index (κ2) is 9.46. The molecule has 1 aromatic heterocycles. The number of benzene rings is 3. The molecule has 0 bridgehead atoms. The Morgan fingerprint density at radius 3 is 2.09 bits per heavy atom. The molecule has 4 nitrogen and oxygen atoms in total. The summed E-state index contributed by atoms with van der Waals surface area (Å²) in [7, 11) is 0. The maximum atomic E-state index is 13.2. The molecule has 4 rings (SSSR count). The molecule has 4 aromatic rings. The minimum atomic E-state index is -0.0993. The van der Waals surface area contributed by atoms with Gasteiger partial charge in [-0.25, -0.2) is 4.98 Å². The van der Waals surface area contributed by atoms with Gasteiger partial charge in [0, 0.05) is 16.8 Å². The van der Waals surface area contributed by atoms with Gasteiger partial charge in [0.15, 0.2) is 0 Å². The lowest BCUT2D eigenvalue weighted by Crippen LogP contribution is -2.20. The normalized spacial score (nSPS) is 12.1. The third-order valence-corrected chi connectivity index (χ3v) is 7.06. The topological polar surface area (TPSA) is 51.2 Å². The molecule has 0 atom stereocenters. The van der Waals surface area contributed by atoms with Crippen LogP contribution in [0.25, 0.3) is 20.8 Å². The summed E-state index contributed by atoms with van der Waals surface area (Å²) < 4.78 is 6.70. The molecule has 0 radical (unpaired) electrons. The number of ether oxygens (including phenoxy) is 1. The van der Waals surface area contributed by atoms with Crippen LogP contribution < -0.4 is 10.1 Å². The number of thiazole rings is 1. The van der Waals surface area contributed by atoms with E-state index < -0.39 is 0 Å². The molecule has 182 valence electrons. The van der Waals surface area contributed by atoms with Crippen molar-refractivity contribution in [2.75, 3.05) is 11.9 Å². The summed E-state index contributed by atoms with van der Waals surface area (Å²) in [6.45, 7) is 15.7. The van der Waals surface area contributed by atoms with Crippen molar-refractivity contribution >= 4 is 33.1 Å². The van der Waals surface area contributed by atoms with Crippen LogP contribution in [0.5, 0.6) is 5.75 Å². The fraction of sp³-hybridized carbons (Fsp3) is 0.333. The first-order chi connectivity index (χ1) is 16.4. The van der Waals surface area contributed by atoms with Crippen molar-refractivity contribution in [2.45, 2.75) is 59.3 Å². The Hall–Kier alpha value is -3.18. The molecule has 0 spiro atoms. The van der Waals surface area contributed by atoms with E-state index in [1.807, 2.05) is 61.5 Å². The van der Waals surface area contributed by atoms with Gasteiger partial charge in [0.2, 0.25) is 0 Å². The number of nitrogens with zero attached hydrogens (tertiary/aromatic N) is 1. The Bertz CT molecular complexity index is 1320. The summed E-state index contributed by atoms with van der Waals surface area (Å²) in [6.07, 6.45) is 0. The van der Waals surface area contributed by atoms with Gasteiger partial charge >= 0.3 is 0 Å². The standard InChI is InChI=1S/C30H34N2O2S/c1-8-34-24-13-14-25-26(18-24)35-28(32-25)19-9-11-23(12-10-19)31-27(33)20-15-21(29(2,3)4)17-22(16-20)30(5,6)7/h9-18H,8H2,1-7H3,(H,31,33). The van der Waals surface area contributed by atoms with Crippen molar-refractivity contribution in [3.05, 3.63) is 77.4 Å². The Morgan fingerprint density at radius 1 is 0.886 bits per heavy atom. The zero-order valence-electron chi connectivity index (χ0n) is 21.7. The molecule has 0 saturated carbocycles. The first kappa shape index (κ1) is 24.9. The van der Waals surface area contributed by atoms with Crippen LogP contribution in [0.4, 0.5) is 5.69 Å². The molecule has 0 unspecified atom stereocenters. The highest BCUT2D eigenvalue weighted by Crippen LogP contribution is 2.33. The van der Waals surface area contributed by atoms with Gasteiger partial charge in [-0.3, -0.25) is 4.79 Å². The maximum Gasteiger partial charge on any atom is 0.255 e. The van der Waals surface area contributed by atoms with Crippen LogP contribution in [-0.2, 0) is 10.8 Å². The van der Waals surface area contributed by atoms with Gasteiger partial charge in [-0.05, 0) is 83.5 Å².